The molecule has 1 aromatic carbocycles. The lowest BCUT2D eigenvalue weighted by molar-refractivity contribution is -0.138. The SMILES string of the molecule is O=C(O)CC1(COc2ccc(F)c(Br)c2)CC1. The van der Waals surface area contributed by atoms with Gasteiger partial charge in [-0.3, -0.25) is 4.79 Å². The van der Waals surface area contributed by atoms with Crippen molar-refractivity contribution in [2.24, 2.45) is 5.41 Å². The molecule has 0 heterocycles. The van der Waals surface area contributed by atoms with Crippen LogP contribution in [-0.2, 0) is 4.79 Å². The van der Waals surface area contributed by atoms with Crippen molar-refractivity contribution in [1.82, 2.24) is 0 Å². The molecule has 1 fully saturated rings. The molecule has 0 unspecified atom stereocenters. The van der Waals surface area contributed by atoms with E-state index in [1.165, 1.54) is 12.1 Å². The van der Waals surface area contributed by atoms with Crippen molar-refractivity contribution < 1.29 is 19.0 Å². The van der Waals surface area contributed by atoms with Crippen LogP contribution in [0.15, 0.2) is 22.7 Å². The van der Waals surface area contributed by atoms with Crippen molar-refractivity contribution in [2.75, 3.05) is 6.61 Å². The maximum absolute atomic E-state index is 13.0. The topological polar surface area (TPSA) is 46.5 Å². The minimum absolute atomic E-state index is 0.134. The van der Waals surface area contributed by atoms with Crippen molar-refractivity contribution in [1.29, 1.82) is 0 Å². The molecule has 1 aliphatic rings. The number of carboxylic acid groups (broad SMARTS) is 1. The van der Waals surface area contributed by atoms with Crippen LogP contribution in [0.25, 0.3) is 0 Å². The summed E-state index contributed by atoms with van der Waals surface area (Å²) in [5, 5.41) is 8.75. The highest BCUT2D eigenvalue weighted by Gasteiger charge is 2.45. The first-order valence-electron chi connectivity index (χ1n) is 5.30. The van der Waals surface area contributed by atoms with Gasteiger partial charge in [-0.05, 0) is 47.0 Å². The molecule has 1 saturated carbocycles. The lowest BCUT2D eigenvalue weighted by atomic mass is 10.0. The number of aliphatic carboxylic acids is 1. The van der Waals surface area contributed by atoms with Crippen LogP contribution in [0.5, 0.6) is 5.75 Å². The summed E-state index contributed by atoms with van der Waals surface area (Å²) in [4.78, 5) is 10.7. The van der Waals surface area contributed by atoms with Gasteiger partial charge in [0.15, 0.2) is 0 Å². The van der Waals surface area contributed by atoms with Crippen LogP contribution in [0, 0.1) is 11.2 Å². The Morgan fingerprint density at radius 1 is 1.53 bits per heavy atom. The molecule has 0 aromatic heterocycles. The number of ether oxygens (including phenoxy) is 1. The van der Waals surface area contributed by atoms with Crippen LogP contribution in [0.3, 0.4) is 0 Å². The minimum atomic E-state index is -0.800. The number of carboxylic acids is 1. The molecule has 0 spiro atoms. The fourth-order valence-electron chi connectivity index (χ4n) is 1.67. The highest BCUT2D eigenvalue weighted by molar-refractivity contribution is 9.10. The average Bonchev–Trinajstić information content (AvgIpc) is 2.99. The summed E-state index contributed by atoms with van der Waals surface area (Å²) in [6.45, 7) is 0.372. The van der Waals surface area contributed by atoms with Gasteiger partial charge in [0.05, 0.1) is 17.5 Å². The molecule has 0 atom stereocenters. The fraction of sp³-hybridized carbons (Fsp3) is 0.417. The molecular formula is C12H12BrFO3. The zero-order valence-corrected chi connectivity index (χ0v) is 10.7. The van der Waals surface area contributed by atoms with Crippen molar-refractivity contribution in [3.05, 3.63) is 28.5 Å². The Labute approximate surface area is 107 Å². The summed E-state index contributed by atoms with van der Waals surface area (Å²) in [5.41, 5.74) is -0.216. The van der Waals surface area contributed by atoms with Crippen LogP contribution in [0.4, 0.5) is 4.39 Å². The van der Waals surface area contributed by atoms with Gasteiger partial charge in [-0.25, -0.2) is 4.39 Å². The molecule has 17 heavy (non-hydrogen) atoms. The smallest absolute Gasteiger partial charge is 0.304 e. The van der Waals surface area contributed by atoms with Gasteiger partial charge < -0.3 is 9.84 Å². The quantitative estimate of drug-likeness (QED) is 0.908. The van der Waals surface area contributed by atoms with Crippen molar-refractivity contribution in [3.63, 3.8) is 0 Å². The minimum Gasteiger partial charge on any atom is -0.493 e. The standard InChI is InChI=1S/C12H12BrFO3/c13-9-5-8(1-2-10(9)14)17-7-12(3-4-12)6-11(15)16/h1-2,5H,3-4,6-7H2,(H,15,16). The van der Waals surface area contributed by atoms with Crippen LogP contribution in [0.1, 0.15) is 19.3 Å². The Morgan fingerprint density at radius 2 is 2.24 bits per heavy atom. The van der Waals surface area contributed by atoms with Crippen LogP contribution >= 0.6 is 15.9 Å². The van der Waals surface area contributed by atoms with Gasteiger partial charge in [-0.15, -0.1) is 0 Å². The lowest BCUT2D eigenvalue weighted by Gasteiger charge is -2.14. The molecule has 1 aliphatic carbocycles. The molecule has 2 rings (SSSR count). The first kappa shape index (κ1) is 12.4. The van der Waals surface area contributed by atoms with Gasteiger partial charge in [-0.1, -0.05) is 0 Å². The molecule has 1 aromatic rings. The van der Waals surface area contributed by atoms with E-state index in [1.54, 1.807) is 6.07 Å². The third-order valence-corrected chi connectivity index (χ3v) is 3.53. The van der Waals surface area contributed by atoms with E-state index in [0.717, 1.165) is 12.8 Å². The predicted octanol–water partition coefficient (Wildman–Crippen LogP) is 3.22. The summed E-state index contributed by atoms with van der Waals surface area (Å²) in [6, 6.07) is 4.40. The first-order chi connectivity index (χ1) is 8.01. The second-order valence-electron chi connectivity index (χ2n) is 4.44. The lowest BCUT2D eigenvalue weighted by Crippen LogP contribution is -2.17. The van der Waals surface area contributed by atoms with Gasteiger partial charge in [0.2, 0.25) is 0 Å². The maximum atomic E-state index is 13.0. The van der Waals surface area contributed by atoms with E-state index in [-0.39, 0.29) is 17.7 Å². The molecule has 5 heteroatoms. The summed E-state index contributed by atoms with van der Waals surface area (Å²) >= 11 is 3.07. The van der Waals surface area contributed by atoms with E-state index in [9.17, 15) is 9.18 Å². The molecule has 0 radical (unpaired) electrons. The average molecular weight is 303 g/mol. The van der Waals surface area contributed by atoms with Crippen LogP contribution in [-0.4, -0.2) is 17.7 Å². The Bertz CT molecular complexity index is 443. The van der Waals surface area contributed by atoms with E-state index in [4.69, 9.17) is 9.84 Å². The second-order valence-corrected chi connectivity index (χ2v) is 5.29. The van der Waals surface area contributed by atoms with E-state index < -0.39 is 5.97 Å². The van der Waals surface area contributed by atoms with Gasteiger partial charge in [-0.2, -0.15) is 0 Å². The van der Waals surface area contributed by atoms with Crippen LogP contribution in [0.2, 0.25) is 0 Å². The Kier molecular flexibility index (Phi) is 3.38. The Balaban J connectivity index is 1.94. The van der Waals surface area contributed by atoms with Crippen molar-refractivity contribution in [2.45, 2.75) is 19.3 Å². The Hall–Kier alpha value is -1.10. The second kappa shape index (κ2) is 4.64. The zero-order valence-electron chi connectivity index (χ0n) is 9.08. The predicted molar refractivity (Wildman–Crippen MR) is 63.5 cm³/mol. The van der Waals surface area contributed by atoms with Gasteiger partial charge in [0, 0.05) is 5.41 Å². The number of hydrogen-bond acceptors (Lipinski definition) is 2. The van der Waals surface area contributed by atoms with Gasteiger partial charge in [0.25, 0.3) is 0 Å². The van der Waals surface area contributed by atoms with Gasteiger partial charge >= 0.3 is 5.97 Å². The number of hydrogen-bond donors (Lipinski definition) is 1. The molecular weight excluding hydrogens is 291 g/mol. The van der Waals surface area contributed by atoms with E-state index >= 15 is 0 Å². The number of rotatable bonds is 5. The zero-order chi connectivity index (χ0) is 12.5. The fourth-order valence-corrected chi connectivity index (χ4v) is 2.03. The number of benzene rings is 1. The van der Waals surface area contributed by atoms with Crippen molar-refractivity contribution >= 4 is 21.9 Å². The summed E-state index contributed by atoms with van der Waals surface area (Å²) in [7, 11) is 0. The molecule has 3 nitrogen and oxygen atoms in total. The molecule has 0 amide bonds. The molecule has 92 valence electrons. The summed E-state index contributed by atoms with van der Waals surface area (Å²) in [6.07, 6.45) is 1.89. The Morgan fingerprint density at radius 3 is 2.76 bits per heavy atom. The summed E-state index contributed by atoms with van der Waals surface area (Å²) in [5.74, 6) is -0.592. The molecule has 1 N–H and O–H groups in total. The molecule has 0 saturated heterocycles. The first-order valence-corrected chi connectivity index (χ1v) is 6.10. The summed E-state index contributed by atoms with van der Waals surface area (Å²) < 4.78 is 18.8. The third kappa shape index (κ3) is 3.19. The highest BCUT2D eigenvalue weighted by atomic mass is 79.9. The third-order valence-electron chi connectivity index (χ3n) is 2.92. The number of halogens is 2. The molecule has 0 bridgehead atoms. The highest BCUT2D eigenvalue weighted by Crippen LogP contribution is 2.49. The van der Waals surface area contributed by atoms with E-state index in [2.05, 4.69) is 15.9 Å². The van der Waals surface area contributed by atoms with Crippen molar-refractivity contribution in [3.8, 4) is 5.75 Å². The number of carbonyl (C=O) groups is 1. The van der Waals surface area contributed by atoms with E-state index in [0.29, 0.717) is 16.8 Å². The largest absolute Gasteiger partial charge is 0.493 e. The molecule has 0 aliphatic heterocycles. The van der Waals surface area contributed by atoms with Gasteiger partial charge in [0.1, 0.15) is 11.6 Å². The maximum Gasteiger partial charge on any atom is 0.304 e. The van der Waals surface area contributed by atoms with E-state index in [1.807, 2.05) is 0 Å². The van der Waals surface area contributed by atoms with Crippen LogP contribution < -0.4 is 4.74 Å². The monoisotopic (exact) mass is 302 g/mol. The normalized spacial score (nSPS) is 16.6.